The van der Waals surface area contributed by atoms with Gasteiger partial charge in [-0.25, -0.2) is 0 Å². The lowest BCUT2D eigenvalue weighted by Gasteiger charge is -2.24. The van der Waals surface area contributed by atoms with E-state index in [0.29, 0.717) is 12.0 Å². The number of hydrogen-bond donors (Lipinski definition) is 2. The zero-order chi connectivity index (χ0) is 12.5. The van der Waals surface area contributed by atoms with Crippen LogP contribution < -0.4 is 10.7 Å². The Morgan fingerprint density at radius 1 is 1.39 bits per heavy atom. The molecule has 0 radical (unpaired) electrons. The first-order valence-electron chi connectivity index (χ1n) is 6.45. The summed E-state index contributed by atoms with van der Waals surface area (Å²) in [5.74, 6) is 0.401. The van der Waals surface area contributed by atoms with Gasteiger partial charge in [-0.3, -0.25) is 9.59 Å². The number of aromatic nitrogens is 1. The topological polar surface area (TPSA) is 65.2 Å². The molecule has 0 bridgehead atoms. The van der Waals surface area contributed by atoms with Crippen LogP contribution >= 0.6 is 0 Å². The van der Waals surface area contributed by atoms with Crippen molar-refractivity contribution in [1.82, 2.24) is 15.2 Å². The summed E-state index contributed by atoms with van der Waals surface area (Å²) < 4.78 is 0. The van der Waals surface area contributed by atoms with Gasteiger partial charge in [0.2, 0.25) is 0 Å². The third-order valence-electron chi connectivity index (χ3n) is 3.94. The van der Waals surface area contributed by atoms with Crippen LogP contribution in [0.15, 0.2) is 23.3 Å². The van der Waals surface area contributed by atoms with Crippen molar-refractivity contribution < 1.29 is 4.79 Å². The van der Waals surface area contributed by atoms with E-state index in [1.165, 1.54) is 25.1 Å². The molecule has 0 spiro atoms. The standard InChI is InChI=1S/C13H17N3O2/c17-12-3-5-14-6-10(12)13(18)16-7-9-2-1-4-15-11(9)8-16/h3,5-6,9,11,15H,1-2,4,7-8H2,(H,14,17)/t9-,11+/m0/s1. The molecule has 0 saturated carbocycles. The molecule has 2 fully saturated rings. The molecule has 0 aromatic carbocycles. The van der Waals surface area contributed by atoms with E-state index in [4.69, 9.17) is 0 Å². The van der Waals surface area contributed by atoms with Crippen molar-refractivity contribution in [3.63, 3.8) is 0 Å². The van der Waals surface area contributed by atoms with E-state index in [2.05, 4.69) is 10.3 Å². The fourth-order valence-electron chi connectivity index (χ4n) is 2.97. The summed E-state index contributed by atoms with van der Waals surface area (Å²) in [6, 6.07) is 1.81. The van der Waals surface area contributed by atoms with E-state index in [0.717, 1.165) is 19.6 Å². The number of rotatable bonds is 1. The summed E-state index contributed by atoms with van der Waals surface area (Å²) >= 11 is 0. The van der Waals surface area contributed by atoms with Gasteiger partial charge in [-0.05, 0) is 25.3 Å². The smallest absolute Gasteiger partial charge is 0.259 e. The molecule has 18 heavy (non-hydrogen) atoms. The molecule has 1 amide bonds. The number of likely N-dealkylation sites (tertiary alicyclic amines) is 1. The minimum absolute atomic E-state index is 0.145. The summed E-state index contributed by atoms with van der Waals surface area (Å²) in [6.07, 6.45) is 5.40. The molecule has 2 saturated heterocycles. The normalized spacial score (nSPS) is 27.0. The van der Waals surface area contributed by atoms with Gasteiger partial charge >= 0.3 is 0 Å². The van der Waals surface area contributed by atoms with E-state index in [-0.39, 0.29) is 16.9 Å². The quantitative estimate of drug-likeness (QED) is 0.745. The summed E-state index contributed by atoms with van der Waals surface area (Å²) in [6.45, 7) is 2.53. The Morgan fingerprint density at radius 3 is 3.06 bits per heavy atom. The fraction of sp³-hybridized carbons (Fsp3) is 0.538. The summed E-state index contributed by atoms with van der Waals surface area (Å²) in [5.41, 5.74) is 0.0396. The number of H-pyrrole nitrogens is 1. The van der Waals surface area contributed by atoms with Crippen molar-refractivity contribution in [3.05, 3.63) is 34.2 Å². The van der Waals surface area contributed by atoms with Gasteiger partial charge in [-0.2, -0.15) is 0 Å². The SMILES string of the molecule is O=C(c1c[nH]ccc1=O)N1C[C@@H]2CCCN[C@@H]2C1. The second-order valence-electron chi connectivity index (χ2n) is 5.10. The largest absolute Gasteiger partial charge is 0.367 e. The van der Waals surface area contributed by atoms with Crippen molar-refractivity contribution in [1.29, 1.82) is 0 Å². The van der Waals surface area contributed by atoms with E-state index in [1.54, 1.807) is 11.1 Å². The fourth-order valence-corrected chi connectivity index (χ4v) is 2.97. The molecular formula is C13H17N3O2. The van der Waals surface area contributed by atoms with Crippen LogP contribution in [0.3, 0.4) is 0 Å². The number of carbonyl (C=O) groups excluding carboxylic acids is 1. The average Bonchev–Trinajstić information content (AvgIpc) is 2.82. The number of carbonyl (C=O) groups is 1. The van der Waals surface area contributed by atoms with Gasteiger partial charge in [0, 0.05) is 37.6 Å². The zero-order valence-corrected chi connectivity index (χ0v) is 10.2. The summed E-state index contributed by atoms with van der Waals surface area (Å²) in [5, 5.41) is 3.45. The lowest BCUT2D eigenvalue weighted by molar-refractivity contribution is 0.0784. The monoisotopic (exact) mass is 247 g/mol. The molecule has 1 aromatic rings. The maximum absolute atomic E-state index is 12.3. The molecule has 2 N–H and O–H groups in total. The van der Waals surface area contributed by atoms with Crippen LogP contribution in [0, 0.1) is 5.92 Å². The highest BCUT2D eigenvalue weighted by Crippen LogP contribution is 2.25. The van der Waals surface area contributed by atoms with E-state index >= 15 is 0 Å². The lowest BCUT2D eigenvalue weighted by Crippen LogP contribution is -2.41. The summed E-state index contributed by atoms with van der Waals surface area (Å²) in [7, 11) is 0. The Hall–Kier alpha value is -1.62. The molecule has 0 unspecified atom stereocenters. The molecule has 2 atom stereocenters. The van der Waals surface area contributed by atoms with Gasteiger partial charge in [0.25, 0.3) is 5.91 Å². The zero-order valence-electron chi connectivity index (χ0n) is 10.2. The first kappa shape index (κ1) is 11.5. The number of piperidine rings is 1. The van der Waals surface area contributed by atoms with Crippen LogP contribution in [0.25, 0.3) is 0 Å². The number of nitrogens with zero attached hydrogens (tertiary/aromatic N) is 1. The Morgan fingerprint density at radius 2 is 2.28 bits per heavy atom. The highest BCUT2D eigenvalue weighted by atomic mass is 16.2. The second kappa shape index (κ2) is 4.57. The maximum atomic E-state index is 12.3. The number of amides is 1. The highest BCUT2D eigenvalue weighted by molar-refractivity contribution is 5.94. The van der Waals surface area contributed by atoms with Crippen molar-refractivity contribution >= 4 is 5.91 Å². The number of pyridine rings is 1. The average molecular weight is 247 g/mol. The van der Waals surface area contributed by atoms with Crippen molar-refractivity contribution in [2.45, 2.75) is 18.9 Å². The number of fused-ring (bicyclic) bond motifs is 1. The third-order valence-corrected chi connectivity index (χ3v) is 3.94. The Kier molecular flexibility index (Phi) is 2.91. The van der Waals surface area contributed by atoms with Crippen LogP contribution in [0.2, 0.25) is 0 Å². The van der Waals surface area contributed by atoms with E-state index in [9.17, 15) is 9.59 Å². The highest BCUT2D eigenvalue weighted by Gasteiger charge is 2.36. The van der Waals surface area contributed by atoms with Crippen LogP contribution in [0.4, 0.5) is 0 Å². The molecule has 1 aromatic heterocycles. The lowest BCUT2D eigenvalue weighted by atomic mass is 9.94. The Balaban J connectivity index is 1.78. The first-order valence-corrected chi connectivity index (χ1v) is 6.45. The minimum Gasteiger partial charge on any atom is -0.367 e. The van der Waals surface area contributed by atoms with Gasteiger partial charge in [0.05, 0.1) is 0 Å². The Bertz CT molecular complexity index is 497. The number of nitrogens with one attached hydrogen (secondary N) is 2. The molecule has 3 heterocycles. The van der Waals surface area contributed by atoms with Gasteiger partial charge in [0.1, 0.15) is 5.56 Å². The van der Waals surface area contributed by atoms with E-state index < -0.39 is 0 Å². The third kappa shape index (κ3) is 1.95. The molecule has 5 nitrogen and oxygen atoms in total. The molecule has 5 heteroatoms. The van der Waals surface area contributed by atoms with Crippen molar-refractivity contribution in [2.24, 2.45) is 5.92 Å². The molecular weight excluding hydrogens is 230 g/mol. The van der Waals surface area contributed by atoms with Gasteiger partial charge < -0.3 is 15.2 Å². The van der Waals surface area contributed by atoms with Crippen molar-refractivity contribution in [3.8, 4) is 0 Å². The van der Waals surface area contributed by atoms with Crippen molar-refractivity contribution in [2.75, 3.05) is 19.6 Å². The number of aromatic amines is 1. The van der Waals surface area contributed by atoms with E-state index in [1.807, 2.05) is 0 Å². The Labute approximate surface area is 105 Å². The number of hydrogen-bond acceptors (Lipinski definition) is 3. The van der Waals surface area contributed by atoms with Crippen LogP contribution in [0.1, 0.15) is 23.2 Å². The molecule has 2 aliphatic rings. The van der Waals surface area contributed by atoms with Gasteiger partial charge in [0.15, 0.2) is 5.43 Å². The van der Waals surface area contributed by atoms with Gasteiger partial charge in [-0.1, -0.05) is 0 Å². The van der Waals surface area contributed by atoms with Crippen LogP contribution in [0.5, 0.6) is 0 Å². The molecule has 2 aliphatic heterocycles. The molecule has 0 aliphatic carbocycles. The first-order chi connectivity index (χ1) is 8.75. The predicted octanol–water partition coefficient (Wildman–Crippen LogP) is 0.199. The maximum Gasteiger partial charge on any atom is 0.259 e. The summed E-state index contributed by atoms with van der Waals surface area (Å²) in [4.78, 5) is 28.5. The molecule has 3 rings (SSSR count). The van der Waals surface area contributed by atoms with Crippen LogP contribution in [-0.2, 0) is 0 Å². The molecule has 96 valence electrons. The minimum atomic E-state index is -0.207. The second-order valence-corrected chi connectivity index (χ2v) is 5.10. The van der Waals surface area contributed by atoms with Crippen LogP contribution in [-0.4, -0.2) is 41.5 Å². The van der Waals surface area contributed by atoms with Gasteiger partial charge in [-0.15, -0.1) is 0 Å². The predicted molar refractivity (Wildman–Crippen MR) is 67.5 cm³/mol.